The second-order valence-corrected chi connectivity index (χ2v) is 6.18. The van der Waals surface area contributed by atoms with E-state index < -0.39 is 4.92 Å². The fraction of sp³-hybridized carbons (Fsp3) is 0.0500. The first-order valence-corrected chi connectivity index (χ1v) is 8.52. The summed E-state index contributed by atoms with van der Waals surface area (Å²) in [5, 5.41) is 15.5. The van der Waals surface area contributed by atoms with Gasteiger partial charge in [-0.2, -0.15) is 5.10 Å². The van der Waals surface area contributed by atoms with Crippen molar-refractivity contribution in [1.29, 1.82) is 0 Å². The molecular formula is C20H15N5O3. The molecule has 138 valence electrons. The highest BCUT2D eigenvalue weighted by Gasteiger charge is 2.08. The Hall–Kier alpha value is -4.07. The molecule has 2 aromatic carbocycles. The molecule has 0 amide bonds. The van der Waals surface area contributed by atoms with Gasteiger partial charge in [0.25, 0.3) is 11.2 Å². The molecular weight excluding hydrogens is 358 g/mol. The fourth-order valence-electron chi connectivity index (χ4n) is 2.79. The average Bonchev–Trinajstić information content (AvgIpc) is 3.10. The third kappa shape index (κ3) is 3.70. The number of rotatable bonds is 5. The van der Waals surface area contributed by atoms with Crippen molar-refractivity contribution in [2.75, 3.05) is 0 Å². The number of aromatic nitrogens is 4. The lowest BCUT2D eigenvalue weighted by Crippen LogP contribution is -2.08. The molecule has 1 N–H and O–H groups in total. The lowest BCUT2D eigenvalue weighted by molar-refractivity contribution is -0.384. The van der Waals surface area contributed by atoms with E-state index in [0.29, 0.717) is 23.4 Å². The zero-order valence-electron chi connectivity index (χ0n) is 14.6. The SMILES string of the molecule is O=c1[nH]c(/C=C/c2ccc([N+](=O)[O-])cc2)nc2nn(Cc3ccccc3)cc12. The Morgan fingerprint density at radius 2 is 1.82 bits per heavy atom. The predicted molar refractivity (Wildman–Crippen MR) is 106 cm³/mol. The van der Waals surface area contributed by atoms with E-state index in [4.69, 9.17) is 0 Å². The van der Waals surface area contributed by atoms with Crippen LogP contribution >= 0.6 is 0 Å². The Labute approximate surface area is 158 Å². The number of hydrogen-bond acceptors (Lipinski definition) is 5. The van der Waals surface area contributed by atoms with Crippen molar-refractivity contribution in [2.24, 2.45) is 0 Å². The van der Waals surface area contributed by atoms with Crippen molar-refractivity contribution in [3.63, 3.8) is 0 Å². The van der Waals surface area contributed by atoms with Crippen LogP contribution in [0.15, 0.2) is 65.6 Å². The van der Waals surface area contributed by atoms with Gasteiger partial charge in [-0.05, 0) is 29.3 Å². The van der Waals surface area contributed by atoms with Crippen LogP contribution in [-0.2, 0) is 6.54 Å². The lowest BCUT2D eigenvalue weighted by atomic mass is 10.2. The minimum Gasteiger partial charge on any atom is -0.306 e. The summed E-state index contributed by atoms with van der Waals surface area (Å²) in [5.41, 5.74) is 1.94. The van der Waals surface area contributed by atoms with Gasteiger partial charge in [-0.25, -0.2) is 4.98 Å². The summed E-state index contributed by atoms with van der Waals surface area (Å²) < 4.78 is 1.69. The number of hydrogen-bond donors (Lipinski definition) is 1. The summed E-state index contributed by atoms with van der Waals surface area (Å²) in [6.07, 6.45) is 5.03. The monoisotopic (exact) mass is 373 g/mol. The fourth-order valence-corrected chi connectivity index (χ4v) is 2.79. The number of H-pyrrole nitrogens is 1. The maximum Gasteiger partial charge on any atom is 0.269 e. The van der Waals surface area contributed by atoms with E-state index in [1.165, 1.54) is 12.1 Å². The number of fused-ring (bicyclic) bond motifs is 1. The molecule has 0 aliphatic carbocycles. The summed E-state index contributed by atoms with van der Waals surface area (Å²) in [6.45, 7) is 0.546. The van der Waals surface area contributed by atoms with E-state index in [9.17, 15) is 14.9 Å². The van der Waals surface area contributed by atoms with Crippen molar-refractivity contribution in [2.45, 2.75) is 6.54 Å². The first kappa shape index (κ1) is 17.3. The third-order valence-corrected chi connectivity index (χ3v) is 4.18. The van der Waals surface area contributed by atoms with Crippen molar-refractivity contribution >= 4 is 28.9 Å². The van der Waals surface area contributed by atoms with E-state index >= 15 is 0 Å². The van der Waals surface area contributed by atoms with E-state index in [1.54, 1.807) is 35.2 Å². The smallest absolute Gasteiger partial charge is 0.269 e. The van der Waals surface area contributed by atoms with Crippen LogP contribution in [0.2, 0.25) is 0 Å². The quantitative estimate of drug-likeness (QED) is 0.427. The Kier molecular flexibility index (Phi) is 4.51. The Bertz CT molecular complexity index is 1220. The van der Waals surface area contributed by atoms with Crippen LogP contribution in [0.25, 0.3) is 23.2 Å². The van der Waals surface area contributed by atoms with Crippen LogP contribution < -0.4 is 5.56 Å². The van der Waals surface area contributed by atoms with E-state index in [2.05, 4.69) is 15.1 Å². The van der Waals surface area contributed by atoms with E-state index in [1.807, 2.05) is 30.3 Å². The van der Waals surface area contributed by atoms with Gasteiger partial charge in [0.2, 0.25) is 0 Å². The molecule has 0 fully saturated rings. The minimum atomic E-state index is -0.452. The van der Waals surface area contributed by atoms with Crippen molar-refractivity contribution < 1.29 is 4.92 Å². The van der Waals surface area contributed by atoms with Crippen molar-refractivity contribution in [3.8, 4) is 0 Å². The van der Waals surface area contributed by atoms with Gasteiger partial charge in [-0.1, -0.05) is 36.4 Å². The number of aromatic amines is 1. The van der Waals surface area contributed by atoms with E-state index in [-0.39, 0.29) is 11.2 Å². The molecule has 4 aromatic rings. The first-order valence-electron chi connectivity index (χ1n) is 8.52. The van der Waals surface area contributed by atoms with Crippen LogP contribution in [-0.4, -0.2) is 24.7 Å². The standard InChI is InChI=1S/C20H15N5O3/c26-20-17-13-24(12-15-4-2-1-3-5-15)23-19(17)21-18(22-20)11-8-14-6-9-16(10-7-14)25(27)28/h1-11,13H,12H2,(H,21,22,23,26)/b11-8+. The highest BCUT2D eigenvalue weighted by molar-refractivity contribution is 5.75. The molecule has 0 aliphatic heterocycles. The molecule has 0 atom stereocenters. The molecule has 0 radical (unpaired) electrons. The number of nitrogens with one attached hydrogen (secondary N) is 1. The predicted octanol–water partition coefficient (Wildman–Crippen LogP) is 3.25. The van der Waals surface area contributed by atoms with Crippen LogP contribution in [0, 0.1) is 10.1 Å². The maximum atomic E-state index is 12.3. The van der Waals surface area contributed by atoms with Crippen molar-refractivity contribution in [3.05, 3.63) is 98.2 Å². The Balaban J connectivity index is 1.59. The van der Waals surface area contributed by atoms with Crippen molar-refractivity contribution in [1.82, 2.24) is 19.7 Å². The highest BCUT2D eigenvalue weighted by atomic mass is 16.6. The molecule has 0 bridgehead atoms. The van der Waals surface area contributed by atoms with Gasteiger partial charge in [0.15, 0.2) is 5.65 Å². The molecule has 8 nitrogen and oxygen atoms in total. The zero-order valence-corrected chi connectivity index (χ0v) is 14.6. The molecule has 0 saturated carbocycles. The second kappa shape index (κ2) is 7.28. The van der Waals surface area contributed by atoms with Gasteiger partial charge in [0.1, 0.15) is 11.2 Å². The normalized spacial score (nSPS) is 11.3. The Morgan fingerprint density at radius 3 is 2.54 bits per heavy atom. The van der Waals surface area contributed by atoms with Crippen LogP contribution in [0.4, 0.5) is 5.69 Å². The third-order valence-electron chi connectivity index (χ3n) is 4.18. The lowest BCUT2D eigenvalue weighted by Gasteiger charge is -1.99. The molecule has 2 heterocycles. The Morgan fingerprint density at radius 1 is 1.07 bits per heavy atom. The average molecular weight is 373 g/mol. The number of nitro benzene ring substituents is 1. The molecule has 2 aromatic heterocycles. The topological polar surface area (TPSA) is 107 Å². The van der Waals surface area contributed by atoms with Crippen LogP contribution in [0.3, 0.4) is 0 Å². The number of non-ortho nitro benzene ring substituents is 1. The van der Waals surface area contributed by atoms with Crippen LogP contribution in [0.5, 0.6) is 0 Å². The van der Waals surface area contributed by atoms with Gasteiger partial charge in [0.05, 0.1) is 11.5 Å². The molecule has 28 heavy (non-hydrogen) atoms. The van der Waals surface area contributed by atoms with Gasteiger partial charge >= 0.3 is 0 Å². The molecule has 0 saturated heterocycles. The minimum absolute atomic E-state index is 0.0223. The summed E-state index contributed by atoms with van der Waals surface area (Å²) in [4.78, 5) is 29.7. The molecule has 0 aliphatic rings. The summed E-state index contributed by atoms with van der Waals surface area (Å²) in [7, 11) is 0. The van der Waals surface area contributed by atoms with Gasteiger partial charge in [0, 0.05) is 18.3 Å². The zero-order chi connectivity index (χ0) is 19.5. The second-order valence-electron chi connectivity index (χ2n) is 6.18. The molecule has 4 rings (SSSR count). The molecule has 0 unspecified atom stereocenters. The van der Waals surface area contributed by atoms with Gasteiger partial charge < -0.3 is 4.98 Å². The van der Waals surface area contributed by atoms with Gasteiger partial charge in [-0.15, -0.1) is 0 Å². The molecule has 8 heteroatoms. The molecule has 0 spiro atoms. The largest absolute Gasteiger partial charge is 0.306 e. The summed E-state index contributed by atoms with van der Waals surface area (Å²) in [5.74, 6) is 0.362. The summed E-state index contributed by atoms with van der Waals surface area (Å²) in [6, 6.07) is 15.9. The number of nitro groups is 1. The van der Waals surface area contributed by atoms with Crippen LogP contribution in [0.1, 0.15) is 17.0 Å². The highest BCUT2D eigenvalue weighted by Crippen LogP contribution is 2.14. The van der Waals surface area contributed by atoms with E-state index in [0.717, 1.165) is 11.1 Å². The maximum absolute atomic E-state index is 12.3. The van der Waals surface area contributed by atoms with Gasteiger partial charge in [-0.3, -0.25) is 19.6 Å². The number of nitrogens with zero attached hydrogens (tertiary/aromatic N) is 4. The number of benzene rings is 2. The summed E-state index contributed by atoms with van der Waals surface area (Å²) >= 11 is 0. The first-order chi connectivity index (χ1) is 13.6.